The molecule has 1 aromatic carbocycles. The second-order valence-corrected chi connectivity index (χ2v) is 9.38. The van der Waals surface area contributed by atoms with Crippen molar-refractivity contribution in [3.05, 3.63) is 58.3 Å². The minimum Gasteiger partial charge on any atom is -0.334 e. The predicted octanol–water partition coefficient (Wildman–Crippen LogP) is 3.05. The van der Waals surface area contributed by atoms with E-state index < -0.39 is 0 Å². The number of aromatic nitrogens is 4. The van der Waals surface area contributed by atoms with E-state index in [1.165, 1.54) is 28.0 Å². The Labute approximate surface area is 178 Å². The summed E-state index contributed by atoms with van der Waals surface area (Å²) in [4.78, 5) is 27.3. The summed E-state index contributed by atoms with van der Waals surface area (Å²) in [5.74, 6) is -0.361. The third-order valence-electron chi connectivity index (χ3n) is 6.13. The lowest BCUT2D eigenvalue weighted by Gasteiger charge is -2.57. The number of likely N-dealkylation sites (tertiary alicyclic amines) is 2. The van der Waals surface area contributed by atoms with E-state index in [0.717, 1.165) is 37.4 Å². The predicted molar refractivity (Wildman–Crippen MR) is 111 cm³/mol. The average Bonchev–Trinajstić information content (AvgIpc) is 3.40. The van der Waals surface area contributed by atoms with Gasteiger partial charge in [0.05, 0.1) is 10.7 Å². The number of carbonyl (C=O) groups is 1. The number of aryl methyl sites for hydroxylation is 1. The Morgan fingerprint density at radius 3 is 2.90 bits per heavy atom. The molecule has 2 aliphatic heterocycles. The fourth-order valence-corrected chi connectivity index (χ4v) is 5.30. The summed E-state index contributed by atoms with van der Waals surface area (Å²) in [6.07, 6.45) is 6.58. The zero-order valence-electron chi connectivity index (χ0n) is 16.8. The number of hydrogen-bond acceptors (Lipinski definition) is 6. The number of thiazole rings is 1. The van der Waals surface area contributed by atoms with Crippen LogP contribution in [0.15, 0.2) is 36.8 Å². The van der Waals surface area contributed by atoms with E-state index in [1.54, 1.807) is 23.5 Å². The first kappa shape index (κ1) is 19.3. The van der Waals surface area contributed by atoms with Gasteiger partial charge in [-0.1, -0.05) is 6.07 Å². The molecular weight excluding hydrogens is 403 g/mol. The van der Waals surface area contributed by atoms with Crippen LogP contribution in [0.4, 0.5) is 4.39 Å². The number of carbonyl (C=O) groups excluding carboxylic acids is 1. The molecule has 1 atom stereocenters. The van der Waals surface area contributed by atoms with E-state index in [9.17, 15) is 9.18 Å². The molecule has 1 spiro atoms. The van der Waals surface area contributed by atoms with E-state index in [4.69, 9.17) is 0 Å². The normalized spacial score (nSPS) is 21.7. The van der Waals surface area contributed by atoms with Crippen LogP contribution < -0.4 is 0 Å². The van der Waals surface area contributed by atoms with E-state index >= 15 is 0 Å². The number of amides is 1. The molecule has 4 heterocycles. The Morgan fingerprint density at radius 2 is 2.17 bits per heavy atom. The molecule has 9 heteroatoms. The first-order chi connectivity index (χ1) is 14.5. The Morgan fingerprint density at radius 1 is 1.27 bits per heavy atom. The molecule has 0 aliphatic carbocycles. The van der Waals surface area contributed by atoms with Crippen molar-refractivity contribution in [3.63, 3.8) is 0 Å². The number of halogens is 1. The maximum absolute atomic E-state index is 13.5. The number of hydrogen-bond donors (Lipinski definition) is 0. The third-order valence-corrected chi connectivity index (χ3v) is 7.03. The van der Waals surface area contributed by atoms with Crippen LogP contribution >= 0.6 is 11.3 Å². The summed E-state index contributed by atoms with van der Waals surface area (Å²) < 4.78 is 14.9. The maximum atomic E-state index is 13.5. The van der Waals surface area contributed by atoms with Crippen molar-refractivity contribution in [2.24, 2.45) is 0 Å². The van der Waals surface area contributed by atoms with Crippen LogP contribution in [0, 0.1) is 12.7 Å². The first-order valence-electron chi connectivity index (χ1n) is 10.2. The molecule has 156 valence electrons. The Bertz CT molecular complexity index is 1080. The second kappa shape index (κ2) is 7.55. The van der Waals surface area contributed by atoms with Crippen LogP contribution in [-0.2, 0) is 6.54 Å². The molecule has 2 fully saturated rings. The van der Waals surface area contributed by atoms with E-state index in [0.29, 0.717) is 18.8 Å². The molecule has 0 radical (unpaired) electrons. The van der Waals surface area contributed by atoms with Crippen molar-refractivity contribution in [2.45, 2.75) is 38.3 Å². The van der Waals surface area contributed by atoms with Gasteiger partial charge in [-0.2, -0.15) is 0 Å². The van der Waals surface area contributed by atoms with Crippen molar-refractivity contribution in [2.75, 3.05) is 19.6 Å². The van der Waals surface area contributed by atoms with Crippen LogP contribution in [0.25, 0.3) is 5.69 Å². The highest BCUT2D eigenvalue weighted by atomic mass is 32.1. The Hall–Kier alpha value is -2.65. The fraction of sp³-hybridized carbons (Fsp3) is 0.429. The molecule has 0 bridgehead atoms. The van der Waals surface area contributed by atoms with Gasteiger partial charge in [0.25, 0.3) is 5.91 Å². The van der Waals surface area contributed by atoms with Gasteiger partial charge in [-0.15, -0.1) is 16.4 Å². The van der Waals surface area contributed by atoms with Crippen LogP contribution in [0.5, 0.6) is 0 Å². The molecule has 7 nitrogen and oxygen atoms in total. The van der Waals surface area contributed by atoms with Crippen LogP contribution in [0.2, 0.25) is 0 Å². The van der Waals surface area contributed by atoms with Crippen molar-refractivity contribution < 1.29 is 9.18 Å². The maximum Gasteiger partial charge on any atom is 0.293 e. The number of rotatable bonds is 4. The van der Waals surface area contributed by atoms with Gasteiger partial charge in [0.1, 0.15) is 12.1 Å². The topological polar surface area (TPSA) is 67.2 Å². The van der Waals surface area contributed by atoms with Crippen LogP contribution in [-0.4, -0.2) is 60.6 Å². The van der Waals surface area contributed by atoms with Gasteiger partial charge in [0.15, 0.2) is 0 Å². The third kappa shape index (κ3) is 3.52. The average molecular weight is 427 g/mol. The van der Waals surface area contributed by atoms with Crippen LogP contribution in [0.3, 0.4) is 0 Å². The summed E-state index contributed by atoms with van der Waals surface area (Å²) in [5.41, 5.74) is 0.582. The van der Waals surface area contributed by atoms with Gasteiger partial charge < -0.3 is 4.90 Å². The molecule has 0 N–H and O–H groups in total. The van der Waals surface area contributed by atoms with Crippen molar-refractivity contribution in [1.82, 2.24) is 29.5 Å². The summed E-state index contributed by atoms with van der Waals surface area (Å²) in [6.45, 7) is 5.36. The summed E-state index contributed by atoms with van der Waals surface area (Å²) in [5, 5.41) is 5.39. The van der Waals surface area contributed by atoms with Crippen LogP contribution in [0.1, 0.15) is 39.8 Å². The Balaban J connectivity index is 1.30. The smallest absolute Gasteiger partial charge is 0.293 e. The number of nitrogens with zero attached hydrogens (tertiary/aromatic N) is 6. The van der Waals surface area contributed by atoms with Gasteiger partial charge >= 0.3 is 0 Å². The molecule has 3 aromatic rings. The lowest BCUT2D eigenvalue weighted by atomic mass is 9.77. The quantitative estimate of drug-likeness (QED) is 0.642. The molecule has 30 heavy (non-hydrogen) atoms. The number of piperidine rings is 1. The molecule has 1 amide bonds. The van der Waals surface area contributed by atoms with Gasteiger partial charge in [0.2, 0.25) is 5.82 Å². The van der Waals surface area contributed by atoms with Crippen molar-refractivity contribution in [3.8, 4) is 5.69 Å². The van der Waals surface area contributed by atoms with Gasteiger partial charge in [-0.25, -0.2) is 19.0 Å². The largest absolute Gasteiger partial charge is 0.334 e. The number of benzene rings is 1. The van der Waals surface area contributed by atoms with E-state index in [-0.39, 0.29) is 23.1 Å². The Kier molecular flexibility index (Phi) is 4.86. The molecule has 2 aliphatic rings. The summed E-state index contributed by atoms with van der Waals surface area (Å²) >= 11 is 1.74. The summed E-state index contributed by atoms with van der Waals surface area (Å²) in [7, 11) is 0. The minimum atomic E-state index is -0.352. The molecule has 2 saturated heterocycles. The van der Waals surface area contributed by atoms with E-state index in [1.807, 2.05) is 18.0 Å². The molecule has 0 saturated carbocycles. The van der Waals surface area contributed by atoms with Gasteiger partial charge in [-0.05, 0) is 44.4 Å². The van der Waals surface area contributed by atoms with E-state index in [2.05, 4.69) is 20.0 Å². The first-order valence-corrected chi connectivity index (χ1v) is 11.0. The fourth-order valence-electron chi connectivity index (χ4n) is 4.49. The second-order valence-electron chi connectivity index (χ2n) is 8.06. The lowest BCUT2D eigenvalue weighted by Crippen LogP contribution is -2.67. The van der Waals surface area contributed by atoms with Crippen molar-refractivity contribution in [1.29, 1.82) is 0 Å². The molecule has 1 unspecified atom stereocenters. The molecular formula is C21H23FN6OS. The highest BCUT2D eigenvalue weighted by molar-refractivity contribution is 7.11. The SMILES string of the molecule is Cc1ncc(CN2CCC23CCCN(C(=O)c2ncn(-c4cccc(F)c4)n2)C3)s1. The minimum absolute atomic E-state index is 0.0386. The molecule has 5 rings (SSSR count). The lowest BCUT2D eigenvalue weighted by molar-refractivity contribution is -0.0645. The molecule has 2 aromatic heterocycles. The van der Waals surface area contributed by atoms with Crippen molar-refractivity contribution >= 4 is 17.2 Å². The van der Waals surface area contributed by atoms with Gasteiger partial charge in [-0.3, -0.25) is 9.69 Å². The van der Waals surface area contributed by atoms with Gasteiger partial charge in [0, 0.05) is 42.8 Å². The zero-order chi connectivity index (χ0) is 20.7. The zero-order valence-corrected chi connectivity index (χ0v) is 17.6. The monoisotopic (exact) mass is 426 g/mol. The summed E-state index contributed by atoms with van der Waals surface area (Å²) in [6, 6.07) is 6.08. The standard InChI is InChI=1S/C21H23FN6OS/c1-15-23-11-18(30-15)12-27-9-7-21(27)6-3-8-26(13-21)20(29)19-24-14-28(25-19)17-5-2-4-16(22)10-17/h2,4-5,10-11,14H,3,6-9,12-13H2,1H3. The highest BCUT2D eigenvalue weighted by Crippen LogP contribution is 2.40. The highest BCUT2D eigenvalue weighted by Gasteiger charge is 2.48.